The zero-order valence-electron chi connectivity index (χ0n) is 16.1. The quantitative estimate of drug-likeness (QED) is 0.712. The van der Waals surface area contributed by atoms with E-state index in [0.717, 1.165) is 32.0 Å². The van der Waals surface area contributed by atoms with E-state index in [1.54, 1.807) is 10.7 Å². The van der Waals surface area contributed by atoms with Gasteiger partial charge in [0, 0.05) is 25.3 Å². The van der Waals surface area contributed by atoms with E-state index in [1.807, 2.05) is 12.1 Å². The Balaban J connectivity index is 1.33. The first-order chi connectivity index (χ1) is 13.8. The van der Waals surface area contributed by atoms with Crippen molar-refractivity contribution in [1.29, 1.82) is 0 Å². The highest BCUT2D eigenvalue weighted by Gasteiger charge is 2.47. The number of amides is 1. The summed E-state index contributed by atoms with van der Waals surface area (Å²) in [5, 5.41) is 11.6. The highest BCUT2D eigenvalue weighted by Crippen LogP contribution is 2.45. The molecule has 146 valence electrons. The van der Waals surface area contributed by atoms with Gasteiger partial charge in [0.1, 0.15) is 0 Å². The van der Waals surface area contributed by atoms with Crippen LogP contribution in [0.15, 0.2) is 30.0 Å². The van der Waals surface area contributed by atoms with Gasteiger partial charge >= 0.3 is 0 Å². The van der Waals surface area contributed by atoms with Crippen molar-refractivity contribution in [2.24, 2.45) is 11.8 Å². The van der Waals surface area contributed by atoms with Gasteiger partial charge in [-0.25, -0.2) is 0 Å². The number of tetrazole rings is 1. The molecule has 2 bridgehead atoms. The van der Waals surface area contributed by atoms with Gasteiger partial charge in [0.15, 0.2) is 5.65 Å². The molecule has 0 aromatic carbocycles. The summed E-state index contributed by atoms with van der Waals surface area (Å²) in [7, 11) is 0. The maximum atomic E-state index is 13.5. The lowest BCUT2D eigenvalue weighted by Gasteiger charge is -2.54. The number of nitrogens with zero attached hydrogens (tertiary/aromatic N) is 6. The van der Waals surface area contributed by atoms with Crippen LogP contribution in [0.3, 0.4) is 0 Å². The smallest absolute Gasteiger partial charge is 0.255 e. The minimum Gasteiger partial charge on any atom is -0.332 e. The molecule has 1 amide bonds. The summed E-state index contributed by atoms with van der Waals surface area (Å²) < 4.78 is 1.59. The first-order valence-electron chi connectivity index (χ1n) is 10.7. The average Bonchev–Trinajstić information content (AvgIpc) is 3.21. The summed E-state index contributed by atoms with van der Waals surface area (Å²) in [4.78, 5) is 18.3. The number of fused-ring (bicyclic) bond motifs is 7. The Morgan fingerprint density at radius 1 is 1.14 bits per heavy atom. The molecule has 1 aliphatic carbocycles. The van der Waals surface area contributed by atoms with Gasteiger partial charge in [-0.2, -0.15) is 4.52 Å². The lowest BCUT2D eigenvalue weighted by atomic mass is 9.68. The van der Waals surface area contributed by atoms with Gasteiger partial charge in [0.2, 0.25) is 0 Å². The van der Waals surface area contributed by atoms with Crippen LogP contribution in [0.5, 0.6) is 0 Å². The maximum Gasteiger partial charge on any atom is 0.255 e. The van der Waals surface area contributed by atoms with Gasteiger partial charge in [-0.15, -0.1) is 5.10 Å². The predicted molar refractivity (Wildman–Crippen MR) is 104 cm³/mol. The van der Waals surface area contributed by atoms with Crippen molar-refractivity contribution in [3.63, 3.8) is 0 Å². The Morgan fingerprint density at radius 2 is 2.11 bits per heavy atom. The highest BCUT2D eigenvalue weighted by molar-refractivity contribution is 5.94. The monoisotopic (exact) mass is 378 g/mol. The molecule has 3 fully saturated rings. The summed E-state index contributed by atoms with van der Waals surface area (Å²) in [6.45, 7) is 3.23. The Morgan fingerprint density at radius 3 is 3.07 bits per heavy atom. The molecule has 7 nitrogen and oxygen atoms in total. The fourth-order valence-corrected chi connectivity index (χ4v) is 6.23. The largest absolute Gasteiger partial charge is 0.332 e. The molecule has 0 N–H and O–H groups in total. The number of hydrogen-bond donors (Lipinski definition) is 0. The SMILES string of the molecule is O=C(c1ccc2nnnn2c1)N1CCCC2=CC3CC(CN4CCCC[C@H]34)[C@@H]21. The number of carbonyl (C=O) groups is 1. The Labute approximate surface area is 164 Å². The Kier molecular flexibility index (Phi) is 3.79. The zero-order chi connectivity index (χ0) is 18.7. The topological polar surface area (TPSA) is 66.6 Å². The number of aromatic nitrogens is 4. The second-order valence-electron chi connectivity index (χ2n) is 8.91. The molecule has 7 heteroatoms. The molecule has 2 unspecified atom stereocenters. The van der Waals surface area contributed by atoms with Crippen molar-refractivity contribution in [3.05, 3.63) is 35.5 Å². The summed E-state index contributed by atoms with van der Waals surface area (Å²) in [6.07, 6.45) is 11.8. The van der Waals surface area contributed by atoms with E-state index < -0.39 is 0 Å². The van der Waals surface area contributed by atoms with Crippen LogP contribution in [-0.2, 0) is 0 Å². The van der Waals surface area contributed by atoms with Crippen LogP contribution in [0.1, 0.15) is 48.9 Å². The van der Waals surface area contributed by atoms with Crippen molar-refractivity contribution in [2.75, 3.05) is 19.6 Å². The fourth-order valence-electron chi connectivity index (χ4n) is 6.23. The average molecular weight is 378 g/mol. The van der Waals surface area contributed by atoms with E-state index in [0.29, 0.717) is 23.0 Å². The maximum absolute atomic E-state index is 13.5. The van der Waals surface area contributed by atoms with E-state index in [1.165, 1.54) is 37.8 Å². The summed E-state index contributed by atoms with van der Waals surface area (Å²) in [5.74, 6) is 1.38. The molecule has 2 aromatic rings. The minimum atomic E-state index is 0.118. The van der Waals surface area contributed by atoms with E-state index in [-0.39, 0.29) is 11.9 Å². The van der Waals surface area contributed by atoms with Crippen molar-refractivity contribution >= 4 is 11.6 Å². The molecule has 3 saturated heterocycles. The second-order valence-corrected chi connectivity index (χ2v) is 8.91. The third-order valence-corrected chi connectivity index (χ3v) is 7.36. The highest BCUT2D eigenvalue weighted by atomic mass is 16.2. The first kappa shape index (κ1) is 16.7. The molecule has 5 heterocycles. The molecule has 0 spiro atoms. The van der Waals surface area contributed by atoms with E-state index >= 15 is 0 Å². The molecule has 0 radical (unpaired) electrons. The van der Waals surface area contributed by atoms with Gasteiger partial charge in [0.25, 0.3) is 5.91 Å². The normalized spacial score (nSPS) is 32.6. The molecule has 28 heavy (non-hydrogen) atoms. The molecular weight excluding hydrogens is 352 g/mol. The van der Waals surface area contributed by atoms with Crippen LogP contribution in [0, 0.1) is 11.8 Å². The summed E-state index contributed by atoms with van der Waals surface area (Å²) in [5.41, 5.74) is 2.86. The Bertz CT molecular complexity index is 951. The predicted octanol–water partition coefficient (Wildman–Crippen LogP) is 2.16. The van der Waals surface area contributed by atoms with Crippen molar-refractivity contribution in [2.45, 2.75) is 50.6 Å². The van der Waals surface area contributed by atoms with Crippen molar-refractivity contribution in [3.8, 4) is 0 Å². The second kappa shape index (κ2) is 6.37. The van der Waals surface area contributed by atoms with Crippen LogP contribution in [0.25, 0.3) is 5.65 Å². The third kappa shape index (κ3) is 2.52. The van der Waals surface area contributed by atoms with Gasteiger partial charge < -0.3 is 4.90 Å². The lowest BCUT2D eigenvalue weighted by Crippen LogP contribution is -2.60. The van der Waals surface area contributed by atoms with Crippen molar-refractivity contribution < 1.29 is 4.79 Å². The molecule has 4 aliphatic rings. The van der Waals surface area contributed by atoms with E-state index in [9.17, 15) is 4.79 Å². The fraction of sp³-hybridized carbons (Fsp3) is 0.619. The lowest BCUT2D eigenvalue weighted by molar-refractivity contribution is 0.00146. The Hall–Kier alpha value is -2.28. The van der Waals surface area contributed by atoms with Gasteiger partial charge in [0.05, 0.1) is 11.6 Å². The van der Waals surface area contributed by atoms with Gasteiger partial charge in [-0.1, -0.05) is 18.1 Å². The van der Waals surface area contributed by atoms with Gasteiger partial charge in [-0.05, 0) is 73.0 Å². The zero-order valence-corrected chi connectivity index (χ0v) is 16.1. The molecule has 4 atom stereocenters. The molecular formula is C21H26N6O. The van der Waals surface area contributed by atoms with Crippen LogP contribution in [0.2, 0.25) is 0 Å². The van der Waals surface area contributed by atoms with Crippen LogP contribution in [-0.4, -0.2) is 67.5 Å². The number of pyridine rings is 1. The molecule has 6 rings (SSSR count). The first-order valence-corrected chi connectivity index (χ1v) is 10.7. The van der Waals surface area contributed by atoms with Crippen molar-refractivity contribution in [1.82, 2.24) is 29.8 Å². The third-order valence-electron chi connectivity index (χ3n) is 7.36. The number of likely N-dealkylation sites (tertiary alicyclic amines) is 1. The summed E-state index contributed by atoms with van der Waals surface area (Å²) >= 11 is 0. The number of hydrogen-bond acceptors (Lipinski definition) is 5. The van der Waals surface area contributed by atoms with Crippen LogP contribution < -0.4 is 0 Å². The molecule has 3 aliphatic heterocycles. The van der Waals surface area contributed by atoms with Crippen LogP contribution in [0.4, 0.5) is 0 Å². The summed E-state index contributed by atoms with van der Waals surface area (Å²) in [6, 6.07) is 4.69. The molecule has 2 aromatic heterocycles. The van der Waals surface area contributed by atoms with E-state index in [4.69, 9.17) is 0 Å². The van der Waals surface area contributed by atoms with Crippen LogP contribution >= 0.6 is 0 Å². The van der Waals surface area contributed by atoms with Gasteiger partial charge in [-0.3, -0.25) is 9.69 Å². The number of piperidine rings is 3. The number of rotatable bonds is 1. The minimum absolute atomic E-state index is 0.118. The standard InChI is InChI=1S/C21H26N6O/c28-21(15-6-7-19-22-23-24-27(19)13-15)26-9-3-4-14-10-16-11-17(20(14)26)12-25-8-2-1-5-18(16)25/h6-7,10,13,16-18,20H,1-5,8-9,11-12H2/t16?,17?,18-,20-/m1/s1. The van der Waals surface area contributed by atoms with E-state index in [2.05, 4.69) is 31.4 Å². The molecule has 0 saturated carbocycles. The number of carbonyl (C=O) groups excluding carboxylic acids is 1.